The summed E-state index contributed by atoms with van der Waals surface area (Å²) in [5.41, 5.74) is -0.948. The van der Waals surface area contributed by atoms with Crippen LogP contribution in [0.15, 0.2) is 18.3 Å². The third-order valence-electron chi connectivity index (χ3n) is 2.13. The average molecular weight is 230 g/mol. The number of nitrogens with one attached hydrogen (secondary N) is 1. The minimum atomic E-state index is -4.25. The van der Waals surface area contributed by atoms with Gasteiger partial charge < -0.3 is 5.11 Å². The van der Waals surface area contributed by atoms with Crippen molar-refractivity contribution in [3.8, 4) is 0 Å². The molecule has 1 aromatic heterocycles. The van der Waals surface area contributed by atoms with E-state index in [1.807, 2.05) is 0 Å². The normalized spacial score (nSPS) is 11.9. The monoisotopic (exact) mass is 230 g/mol. The number of carboxylic acids is 1. The molecule has 0 unspecified atom stereocenters. The first-order chi connectivity index (χ1) is 7.43. The smallest absolute Gasteiger partial charge is 0.379 e. The molecule has 0 atom stereocenters. The van der Waals surface area contributed by atoms with Crippen LogP contribution in [0.5, 0.6) is 0 Å². The Balaban J connectivity index is 2.68. The lowest BCUT2D eigenvalue weighted by atomic mass is 10.1. The van der Waals surface area contributed by atoms with Gasteiger partial charge in [-0.15, -0.1) is 0 Å². The molecule has 7 heteroatoms. The van der Waals surface area contributed by atoms with Gasteiger partial charge in [0.15, 0.2) is 0 Å². The van der Waals surface area contributed by atoms with Crippen molar-refractivity contribution >= 4 is 16.9 Å². The van der Waals surface area contributed by atoms with E-state index in [0.29, 0.717) is 0 Å². The topological polar surface area (TPSA) is 66.0 Å². The number of carbonyl (C=O) groups is 1. The molecule has 0 fully saturated rings. The number of H-pyrrole nitrogens is 1. The molecule has 0 saturated heterocycles. The molecule has 0 bridgehead atoms. The lowest BCUT2D eigenvalue weighted by Gasteiger charge is -2.12. The maximum absolute atomic E-state index is 13.3. The highest BCUT2D eigenvalue weighted by molar-refractivity contribution is 5.83. The Labute approximate surface area is 86.7 Å². The Morgan fingerprint density at radius 3 is 2.75 bits per heavy atom. The third kappa shape index (κ3) is 1.40. The Hall–Kier alpha value is -2.05. The van der Waals surface area contributed by atoms with Crippen LogP contribution in [-0.2, 0) is 10.7 Å². The number of aromatic amines is 1. The summed E-state index contributed by atoms with van der Waals surface area (Å²) in [6.07, 6.45) is 1.20. The van der Waals surface area contributed by atoms with E-state index >= 15 is 0 Å². The standard InChI is InChI=1S/C9H5F3N2O2/c10-6-2-7-4(3-13-14-7)1-5(6)9(11,12)8(15)16/h1-3H,(H,13,14)(H,15,16). The molecule has 1 aromatic carbocycles. The van der Waals surface area contributed by atoms with Crippen molar-refractivity contribution in [2.45, 2.75) is 5.92 Å². The van der Waals surface area contributed by atoms with Crippen LogP contribution in [0, 0.1) is 5.82 Å². The van der Waals surface area contributed by atoms with Gasteiger partial charge in [0.05, 0.1) is 17.3 Å². The number of benzene rings is 1. The van der Waals surface area contributed by atoms with Gasteiger partial charge in [0, 0.05) is 11.5 Å². The van der Waals surface area contributed by atoms with Crippen LogP contribution in [0.2, 0.25) is 0 Å². The summed E-state index contributed by atoms with van der Waals surface area (Å²) in [6.45, 7) is 0. The van der Waals surface area contributed by atoms with Crippen LogP contribution in [0.25, 0.3) is 10.9 Å². The number of alkyl halides is 2. The second-order valence-corrected chi connectivity index (χ2v) is 3.17. The molecule has 0 spiro atoms. The van der Waals surface area contributed by atoms with Gasteiger partial charge in [0.1, 0.15) is 5.82 Å². The molecule has 0 aliphatic rings. The molecule has 0 saturated carbocycles. The van der Waals surface area contributed by atoms with Crippen molar-refractivity contribution in [3.63, 3.8) is 0 Å². The maximum Gasteiger partial charge on any atom is 0.379 e. The zero-order valence-corrected chi connectivity index (χ0v) is 7.67. The van der Waals surface area contributed by atoms with Crippen molar-refractivity contribution in [3.05, 3.63) is 29.7 Å². The summed E-state index contributed by atoms with van der Waals surface area (Å²) >= 11 is 0. The van der Waals surface area contributed by atoms with E-state index < -0.39 is 23.3 Å². The molecule has 4 nitrogen and oxygen atoms in total. The van der Waals surface area contributed by atoms with Gasteiger partial charge in [0.25, 0.3) is 0 Å². The number of rotatable bonds is 2. The van der Waals surface area contributed by atoms with E-state index in [0.717, 1.165) is 12.1 Å². The van der Waals surface area contributed by atoms with Crippen LogP contribution >= 0.6 is 0 Å². The third-order valence-corrected chi connectivity index (χ3v) is 2.13. The number of halogens is 3. The summed E-state index contributed by atoms with van der Waals surface area (Å²) in [7, 11) is 0. The SMILES string of the molecule is O=C(O)C(F)(F)c1cc2cn[nH]c2cc1F. The number of fused-ring (bicyclic) bond motifs is 1. The second-order valence-electron chi connectivity index (χ2n) is 3.17. The first kappa shape index (κ1) is 10.5. The van der Waals surface area contributed by atoms with Crippen molar-refractivity contribution < 1.29 is 23.1 Å². The van der Waals surface area contributed by atoms with Crippen molar-refractivity contribution in [2.24, 2.45) is 0 Å². The molecule has 0 amide bonds. The molecule has 2 aromatic rings. The van der Waals surface area contributed by atoms with Gasteiger partial charge in [0.2, 0.25) is 0 Å². The quantitative estimate of drug-likeness (QED) is 0.827. The summed E-state index contributed by atoms with van der Waals surface area (Å²) in [4.78, 5) is 10.3. The number of hydrogen-bond acceptors (Lipinski definition) is 2. The second kappa shape index (κ2) is 3.22. The summed E-state index contributed by atoms with van der Waals surface area (Å²) in [6, 6.07) is 1.55. The van der Waals surface area contributed by atoms with Gasteiger partial charge in [-0.2, -0.15) is 13.9 Å². The molecule has 1 heterocycles. The number of hydrogen-bond donors (Lipinski definition) is 2. The predicted molar refractivity (Wildman–Crippen MR) is 47.6 cm³/mol. The molecule has 2 rings (SSSR count). The molecule has 0 aliphatic heterocycles. The highest BCUT2D eigenvalue weighted by atomic mass is 19.3. The Morgan fingerprint density at radius 1 is 1.44 bits per heavy atom. The van der Waals surface area contributed by atoms with Gasteiger partial charge in [-0.1, -0.05) is 0 Å². The number of aromatic nitrogens is 2. The molecular weight excluding hydrogens is 225 g/mol. The van der Waals surface area contributed by atoms with E-state index in [9.17, 15) is 18.0 Å². The lowest BCUT2D eigenvalue weighted by Crippen LogP contribution is -2.26. The number of carboxylic acid groups (broad SMARTS) is 1. The zero-order valence-electron chi connectivity index (χ0n) is 7.67. The summed E-state index contributed by atoms with van der Waals surface area (Å²) in [5.74, 6) is -7.94. The van der Waals surface area contributed by atoms with Gasteiger partial charge in [-0.25, -0.2) is 9.18 Å². The lowest BCUT2D eigenvalue weighted by molar-refractivity contribution is -0.166. The fourth-order valence-electron chi connectivity index (χ4n) is 1.32. The fraction of sp³-hybridized carbons (Fsp3) is 0.111. The highest BCUT2D eigenvalue weighted by Gasteiger charge is 2.43. The van der Waals surface area contributed by atoms with E-state index in [4.69, 9.17) is 5.11 Å². The van der Waals surface area contributed by atoms with E-state index in [-0.39, 0.29) is 10.9 Å². The zero-order chi connectivity index (χ0) is 11.9. The largest absolute Gasteiger partial charge is 0.477 e. The Bertz CT molecular complexity index is 565. The van der Waals surface area contributed by atoms with Gasteiger partial charge in [-0.3, -0.25) is 5.10 Å². The van der Waals surface area contributed by atoms with Crippen molar-refractivity contribution in [1.29, 1.82) is 0 Å². The van der Waals surface area contributed by atoms with Gasteiger partial charge in [-0.05, 0) is 6.07 Å². The van der Waals surface area contributed by atoms with E-state index in [2.05, 4.69) is 10.2 Å². The van der Waals surface area contributed by atoms with Crippen LogP contribution < -0.4 is 0 Å². The van der Waals surface area contributed by atoms with Crippen LogP contribution in [0.3, 0.4) is 0 Å². The molecule has 2 N–H and O–H groups in total. The van der Waals surface area contributed by atoms with E-state index in [1.165, 1.54) is 6.20 Å². The minimum Gasteiger partial charge on any atom is -0.477 e. The Morgan fingerprint density at radius 2 is 2.12 bits per heavy atom. The molecule has 0 radical (unpaired) electrons. The van der Waals surface area contributed by atoms with Crippen molar-refractivity contribution in [2.75, 3.05) is 0 Å². The molecule has 0 aliphatic carbocycles. The first-order valence-electron chi connectivity index (χ1n) is 4.17. The van der Waals surface area contributed by atoms with Crippen LogP contribution in [0.1, 0.15) is 5.56 Å². The van der Waals surface area contributed by atoms with Crippen LogP contribution in [0.4, 0.5) is 13.2 Å². The maximum atomic E-state index is 13.3. The minimum absolute atomic E-state index is 0.220. The molecule has 16 heavy (non-hydrogen) atoms. The first-order valence-corrected chi connectivity index (χ1v) is 4.17. The van der Waals surface area contributed by atoms with Crippen LogP contribution in [-0.4, -0.2) is 21.3 Å². The van der Waals surface area contributed by atoms with E-state index in [1.54, 1.807) is 0 Å². The number of nitrogens with zero attached hydrogens (tertiary/aromatic N) is 1. The van der Waals surface area contributed by atoms with Gasteiger partial charge >= 0.3 is 11.9 Å². The Kier molecular flexibility index (Phi) is 2.11. The molecular formula is C9H5F3N2O2. The summed E-state index contributed by atoms with van der Waals surface area (Å²) in [5, 5.41) is 14.4. The van der Waals surface area contributed by atoms with Crippen molar-refractivity contribution in [1.82, 2.24) is 10.2 Å². The number of aliphatic carboxylic acids is 1. The predicted octanol–water partition coefficient (Wildman–Crippen LogP) is 1.88. The molecule has 84 valence electrons. The summed E-state index contributed by atoms with van der Waals surface area (Å²) < 4.78 is 39.5. The average Bonchev–Trinajstić information content (AvgIpc) is 2.62. The highest BCUT2D eigenvalue weighted by Crippen LogP contribution is 2.32. The fourth-order valence-corrected chi connectivity index (χ4v) is 1.32.